The summed E-state index contributed by atoms with van der Waals surface area (Å²) in [6.07, 6.45) is 0. The minimum absolute atomic E-state index is 1.19. The van der Waals surface area contributed by atoms with Crippen LogP contribution in [0.15, 0.2) is 66.7 Å². The fourth-order valence-corrected chi connectivity index (χ4v) is 2.94. The molecule has 23 heavy (non-hydrogen) atoms. The van der Waals surface area contributed by atoms with Gasteiger partial charge in [-0.3, -0.25) is 0 Å². The van der Waals surface area contributed by atoms with E-state index in [-0.39, 0.29) is 0 Å². The van der Waals surface area contributed by atoms with E-state index in [0.29, 0.717) is 0 Å². The molecule has 1 nitrogen and oxygen atoms in total. The molecule has 0 heterocycles. The Morgan fingerprint density at radius 3 is 1.48 bits per heavy atom. The largest absolute Gasteiger partial charge is 0.310 e. The van der Waals surface area contributed by atoms with E-state index in [4.69, 9.17) is 0 Å². The molecule has 116 valence electrons. The second kappa shape index (κ2) is 6.29. The molecule has 3 aromatic rings. The zero-order valence-electron chi connectivity index (χ0n) is 14.3. The summed E-state index contributed by atoms with van der Waals surface area (Å²) in [5.41, 5.74) is 8.93. The third-order valence-electron chi connectivity index (χ3n) is 4.65. The van der Waals surface area contributed by atoms with Crippen LogP contribution in [0, 0.1) is 27.7 Å². The smallest absolute Gasteiger partial charge is 0.0493 e. The van der Waals surface area contributed by atoms with Crippen LogP contribution < -0.4 is 4.90 Å². The average molecular weight is 301 g/mol. The number of benzene rings is 3. The van der Waals surface area contributed by atoms with Crippen LogP contribution in [0.3, 0.4) is 0 Å². The highest BCUT2D eigenvalue weighted by Crippen LogP contribution is 2.39. The summed E-state index contributed by atoms with van der Waals surface area (Å²) in [7, 11) is 0. The van der Waals surface area contributed by atoms with Gasteiger partial charge in [-0.2, -0.15) is 0 Å². The fourth-order valence-electron chi connectivity index (χ4n) is 2.94. The van der Waals surface area contributed by atoms with Crippen molar-refractivity contribution in [2.24, 2.45) is 0 Å². The van der Waals surface area contributed by atoms with E-state index in [1.54, 1.807) is 0 Å². The highest BCUT2D eigenvalue weighted by molar-refractivity contribution is 5.80. The van der Waals surface area contributed by atoms with Crippen LogP contribution in [0.1, 0.15) is 22.3 Å². The van der Waals surface area contributed by atoms with Gasteiger partial charge in [0, 0.05) is 17.1 Å². The van der Waals surface area contributed by atoms with Crippen molar-refractivity contribution < 1.29 is 0 Å². The van der Waals surface area contributed by atoms with Crippen LogP contribution in [0.5, 0.6) is 0 Å². The lowest BCUT2D eigenvalue weighted by Gasteiger charge is -2.29. The summed E-state index contributed by atoms with van der Waals surface area (Å²) in [5, 5.41) is 0. The van der Waals surface area contributed by atoms with Crippen molar-refractivity contribution >= 4 is 17.1 Å². The lowest BCUT2D eigenvalue weighted by atomic mass is 10.0. The lowest BCUT2D eigenvalue weighted by molar-refractivity contribution is 1.19. The van der Waals surface area contributed by atoms with E-state index < -0.39 is 0 Å². The summed E-state index contributed by atoms with van der Waals surface area (Å²) in [4.78, 5) is 2.37. The third-order valence-corrected chi connectivity index (χ3v) is 4.65. The Labute approximate surface area is 139 Å². The lowest BCUT2D eigenvalue weighted by Crippen LogP contribution is -2.13. The Morgan fingerprint density at radius 2 is 1.00 bits per heavy atom. The van der Waals surface area contributed by atoms with Gasteiger partial charge in [0.25, 0.3) is 0 Å². The van der Waals surface area contributed by atoms with Crippen LogP contribution >= 0.6 is 0 Å². The van der Waals surface area contributed by atoms with E-state index in [0.717, 1.165) is 0 Å². The zero-order valence-corrected chi connectivity index (χ0v) is 14.3. The average Bonchev–Trinajstić information content (AvgIpc) is 2.56. The molecule has 0 atom stereocenters. The normalized spacial score (nSPS) is 10.6. The molecule has 0 aliphatic carbocycles. The fraction of sp³-hybridized carbons (Fsp3) is 0.182. The zero-order chi connectivity index (χ0) is 16.4. The Morgan fingerprint density at radius 1 is 0.522 bits per heavy atom. The molecule has 0 saturated carbocycles. The van der Waals surface area contributed by atoms with Gasteiger partial charge in [-0.25, -0.2) is 0 Å². The number of hydrogen-bond acceptors (Lipinski definition) is 1. The number of aryl methyl sites for hydroxylation is 2. The summed E-state index contributed by atoms with van der Waals surface area (Å²) < 4.78 is 0. The third kappa shape index (κ3) is 2.87. The van der Waals surface area contributed by atoms with Gasteiger partial charge in [0.2, 0.25) is 0 Å². The van der Waals surface area contributed by atoms with Crippen molar-refractivity contribution in [1.82, 2.24) is 0 Å². The van der Waals surface area contributed by atoms with Crippen LogP contribution in [0.4, 0.5) is 17.1 Å². The maximum atomic E-state index is 2.37. The highest BCUT2D eigenvalue weighted by Gasteiger charge is 2.17. The molecular formula is C22H23N. The topological polar surface area (TPSA) is 3.24 Å². The molecule has 0 N–H and O–H groups in total. The first-order valence-electron chi connectivity index (χ1n) is 8.07. The summed E-state index contributed by atoms with van der Waals surface area (Å²) in [5.74, 6) is 0. The molecule has 0 saturated heterocycles. The van der Waals surface area contributed by atoms with Crippen molar-refractivity contribution in [2.45, 2.75) is 27.7 Å². The van der Waals surface area contributed by atoms with Crippen molar-refractivity contribution in [3.63, 3.8) is 0 Å². The van der Waals surface area contributed by atoms with Gasteiger partial charge in [-0.05, 0) is 74.2 Å². The van der Waals surface area contributed by atoms with E-state index in [9.17, 15) is 0 Å². The molecule has 0 amide bonds. The summed E-state index contributed by atoms with van der Waals surface area (Å²) >= 11 is 0. The molecule has 0 spiro atoms. The standard InChI is InChI=1S/C22H23N/c1-16-10-8-14-21(18(16)3)23(20-12-6-5-7-13-20)22-15-9-11-17(2)19(22)4/h5-15H,1-4H3. The summed E-state index contributed by atoms with van der Waals surface area (Å²) in [6, 6.07) is 23.6. The van der Waals surface area contributed by atoms with E-state index in [1.165, 1.54) is 39.3 Å². The Hall–Kier alpha value is -2.54. The number of hydrogen-bond donors (Lipinski definition) is 0. The maximum absolute atomic E-state index is 2.37. The summed E-state index contributed by atoms with van der Waals surface area (Å²) in [6.45, 7) is 8.74. The molecule has 3 aromatic carbocycles. The quantitative estimate of drug-likeness (QED) is 0.541. The van der Waals surface area contributed by atoms with Gasteiger partial charge in [0.1, 0.15) is 0 Å². The van der Waals surface area contributed by atoms with E-state index >= 15 is 0 Å². The van der Waals surface area contributed by atoms with Crippen molar-refractivity contribution in [2.75, 3.05) is 4.90 Å². The molecule has 0 fully saturated rings. The van der Waals surface area contributed by atoms with Crippen LogP contribution in [0.25, 0.3) is 0 Å². The number of para-hydroxylation sites is 1. The van der Waals surface area contributed by atoms with E-state index in [1.807, 2.05) is 0 Å². The number of nitrogens with zero attached hydrogens (tertiary/aromatic N) is 1. The molecule has 0 unspecified atom stereocenters. The molecule has 0 bridgehead atoms. The Balaban J connectivity index is 2.27. The molecule has 0 radical (unpaired) electrons. The molecule has 0 aliphatic rings. The van der Waals surface area contributed by atoms with Gasteiger partial charge in [-0.1, -0.05) is 42.5 Å². The molecule has 3 rings (SSSR count). The van der Waals surface area contributed by atoms with Gasteiger partial charge in [-0.15, -0.1) is 0 Å². The first kappa shape index (κ1) is 15.4. The van der Waals surface area contributed by atoms with Crippen LogP contribution in [-0.4, -0.2) is 0 Å². The monoisotopic (exact) mass is 301 g/mol. The Bertz CT molecular complexity index is 767. The minimum atomic E-state index is 1.19. The first-order chi connectivity index (χ1) is 11.1. The highest BCUT2D eigenvalue weighted by atomic mass is 15.1. The van der Waals surface area contributed by atoms with Crippen molar-refractivity contribution in [1.29, 1.82) is 0 Å². The minimum Gasteiger partial charge on any atom is -0.310 e. The Kier molecular flexibility index (Phi) is 4.20. The number of rotatable bonds is 3. The van der Waals surface area contributed by atoms with Crippen LogP contribution in [-0.2, 0) is 0 Å². The van der Waals surface area contributed by atoms with Crippen molar-refractivity contribution in [3.8, 4) is 0 Å². The van der Waals surface area contributed by atoms with Crippen molar-refractivity contribution in [3.05, 3.63) is 89.0 Å². The predicted octanol–water partition coefficient (Wildman–Crippen LogP) is 6.39. The molecule has 1 heteroatoms. The first-order valence-corrected chi connectivity index (χ1v) is 8.07. The second-order valence-electron chi connectivity index (χ2n) is 6.11. The van der Waals surface area contributed by atoms with Gasteiger partial charge in [0.05, 0.1) is 0 Å². The SMILES string of the molecule is Cc1cccc(N(c2ccccc2)c2cccc(C)c2C)c1C. The predicted molar refractivity (Wildman–Crippen MR) is 100 cm³/mol. The van der Waals surface area contributed by atoms with E-state index in [2.05, 4.69) is 99.3 Å². The van der Waals surface area contributed by atoms with Gasteiger partial charge in [0.15, 0.2) is 0 Å². The number of anilines is 3. The maximum Gasteiger partial charge on any atom is 0.0493 e. The van der Waals surface area contributed by atoms with Gasteiger partial charge < -0.3 is 4.90 Å². The molecular weight excluding hydrogens is 278 g/mol. The van der Waals surface area contributed by atoms with Crippen LogP contribution in [0.2, 0.25) is 0 Å². The second-order valence-corrected chi connectivity index (χ2v) is 6.11. The van der Waals surface area contributed by atoms with Gasteiger partial charge >= 0.3 is 0 Å². The molecule has 0 aromatic heterocycles. The molecule has 0 aliphatic heterocycles.